The summed E-state index contributed by atoms with van der Waals surface area (Å²) in [6.07, 6.45) is 3.54. The lowest BCUT2D eigenvalue weighted by molar-refractivity contribution is 0.0479. The largest absolute Gasteiger partial charge is 0.459 e. The molecule has 6 rings (SSSR count). The van der Waals surface area contributed by atoms with E-state index in [1.54, 1.807) is 30.5 Å². The third-order valence-corrected chi connectivity index (χ3v) is 8.72. The van der Waals surface area contributed by atoms with Gasteiger partial charge in [-0.1, -0.05) is 54.6 Å². The number of imidazole rings is 1. The average molecular weight is 609 g/mol. The summed E-state index contributed by atoms with van der Waals surface area (Å²) in [6.45, 7) is 3.02. The first kappa shape index (κ1) is 29.1. The molecule has 0 aliphatic carbocycles. The molecule has 6 aromatic rings. The Hall–Kier alpha value is -5.00. The number of aromatic nitrogens is 4. The third-order valence-electron chi connectivity index (χ3n) is 7.46. The molecule has 0 bridgehead atoms. The fraction of sp³-hybridized carbons (Fsp3) is 0.182. The molecule has 3 N–H and O–H groups in total. The van der Waals surface area contributed by atoms with E-state index in [2.05, 4.69) is 9.71 Å². The van der Waals surface area contributed by atoms with Gasteiger partial charge in [0.25, 0.3) is 0 Å². The number of fused-ring (bicyclic) bond motifs is 2. The van der Waals surface area contributed by atoms with Crippen LogP contribution in [0.25, 0.3) is 21.8 Å². The predicted octanol–water partition coefficient (Wildman–Crippen LogP) is 5.00. The van der Waals surface area contributed by atoms with Gasteiger partial charge in [0.1, 0.15) is 23.8 Å². The second-order valence-electron chi connectivity index (χ2n) is 10.5. The fourth-order valence-electron chi connectivity index (χ4n) is 5.32. The van der Waals surface area contributed by atoms with E-state index in [1.165, 1.54) is 0 Å². The Balaban J connectivity index is 1.36. The molecule has 0 atom stereocenters. The number of anilines is 1. The van der Waals surface area contributed by atoms with Crippen LogP contribution in [0.1, 0.15) is 33.1 Å². The normalized spacial score (nSPS) is 11.7. The van der Waals surface area contributed by atoms with Crippen molar-refractivity contribution in [1.82, 2.24) is 19.1 Å². The summed E-state index contributed by atoms with van der Waals surface area (Å²) in [7, 11) is -3.70. The van der Waals surface area contributed by atoms with E-state index in [1.807, 2.05) is 82.9 Å². The van der Waals surface area contributed by atoms with Crippen molar-refractivity contribution >= 4 is 43.5 Å². The van der Waals surface area contributed by atoms with E-state index in [4.69, 9.17) is 15.5 Å². The molecule has 0 spiro atoms. The Bertz CT molecular complexity index is 2070. The van der Waals surface area contributed by atoms with Crippen LogP contribution in [0.4, 0.5) is 5.69 Å². The summed E-state index contributed by atoms with van der Waals surface area (Å²) < 4.78 is 38.4. The van der Waals surface area contributed by atoms with E-state index in [0.29, 0.717) is 34.8 Å². The molecule has 0 radical (unpaired) electrons. The number of aryl methyl sites for hydroxylation is 1. The zero-order chi connectivity index (χ0) is 30.7. The van der Waals surface area contributed by atoms with Crippen LogP contribution < -0.4 is 10.5 Å². The highest BCUT2D eigenvalue weighted by Crippen LogP contribution is 2.29. The Labute approximate surface area is 255 Å². The van der Waals surface area contributed by atoms with Crippen LogP contribution in [-0.2, 0) is 40.1 Å². The van der Waals surface area contributed by atoms with Gasteiger partial charge in [-0.25, -0.2) is 23.2 Å². The molecule has 3 aromatic carbocycles. The fourth-order valence-corrected chi connectivity index (χ4v) is 6.50. The van der Waals surface area contributed by atoms with Gasteiger partial charge >= 0.3 is 5.97 Å². The molecular formula is C33H32N6O4S. The molecule has 224 valence electrons. The molecule has 0 unspecified atom stereocenters. The summed E-state index contributed by atoms with van der Waals surface area (Å²) in [5.41, 5.74) is 9.44. The molecule has 0 aliphatic heterocycles. The van der Waals surface area contributed by atoms with Crippen molar-refractivity contribution in [2.75, 3.05) is 11.3 Å². The molecule has 0 fully saturated rings. The maximum Gasteiger partial charge on any atom is 0.355 e. The van der Waals surface area contributed by atoms with Gasteiger partial charge in [0.2, 0.25) is 10.0 Å². The zero-order valence-electron chi connectivity index (χ0n) is 24.2. The topological polar surface area (TPSA) is 134 Å². The quantitative estimate of drug-likeness (QED) is 0.198. The predicted molar refractivity (Wildman–Crippen MR) is 171 cm³/mol. The van der Waals surface area contributed by atoms with E-state index in [9.17, 15) is 13.2 Å². The first-order chi connectivity index (χ1) is 21.3. The molecule has 0 saturated carbocycles. The van der Waals surface area contributed by atoms with Crippen LogP contribution in [0.5, 0.6) is 0 Å². The van der Waals surface area contributed by atoms with Gasteiger partial charge in [0.15, 0.2) is 0 Å². The van der Waals surface area contributed by atoms with Crippen LogP contribution in [0.15, 0.2) is 97.3 Å². The maximum absolute atomic E-state index is 13.5. The number of carbonyl (C=O) groups is 1. The van der Waals surface area contributed by atoms with E-state index < -0.39 is 16.0 Å². The summed E-state index contributed by atoms with van der Waals surface area (Å²) >= 11 is 0. The Morgan fingerprint density at radius 2 is 1.77 bits per heavy atom. The third kappa shape index (κ3) is 6.34. The van der Waals surface area contributed by atoms with Gasteiger partial charge in [0, 0.05) is 30.0 Å². The van der Waals surface area contributed by atoms with Crippen molar-refractivity contribution in [3.63, 3.8) is 0 Å². The van der Waals surface area contributed by atoms with E-state index >= 15 is 0 Å². The molecule has 10 nitrogen and oxygen atoms in total. The highest BCUT2D eigenvalue weighted by Gasteiger charge is 2.20. The van der Waals surface area contributed by atoms with Crippen LogP contribution in [0.3, 0.4) is 0 Å². The molecule has 0 amide bonds. The first-order valence-corrected chi connectivity index (χ1v) is 15.8. The second-order valence-corrected chi connectivity index (χ2v) is 12.3. The van der Waals surface area contributed by atoms with Crippen LogP contribution >= 0.6 is 0 Å². The number of ether oxygens (including phenoxy) is 1. The van der Waals surface area contributed by atoms with Crippen molar-refractivity contribution in [2.24, 2.45) is 5.73 Å². The molecular weight excluding hydrogens is 576 g/mol. The number of nitrogens with one attached hydrogen (secondary N) is 1. The number of sulfonamides is 1. The Morgan fingerprint density at radius 3 is 2.55 bits per heavy atom. The van der Waals surface area contributed by atoms with Crippen LogP contribution in [-0.4, -0.2) is 40.1 Å². The van der Waals surface area contributed by atoms with Crippen molar-refractivity contribution in [3.05, 3.63) is 126 Å². The number of rotatable bonds is 11. The molecule has 11 heteroatoms. The number of pyridine rings is 1. The van der Waals surface area contributed by atoms with Crippen molar-refractivity contribution in [2.45, 2.75) is 32.3 Å². The lowest BCUT2D eigenvalue weighted by Gasteiger charge is -2.16. The summed E-state index contributed by atoms with van der Waals surface area (Å²) in [5, 5.41) is 2.54. The van der Waals surface area contributed by atoms with Crippen molar-refractivity contribution in [1.29, 1.82) is 0 Å². The molecule has 44 heavy (non-hydrogen) atoms. The standard InChI is InChI=1S/C33H32N6O4S/c1-23-35-13-14-38(23)15-16-43-33(40)31-19-26-11-12-28(20-34)36-32(26)39(31)21-27-18-29(17-25-9-5-6-10-30(25)27)37-44(41,42)22-24-7-3-2-4-8-24/h2-14,17-19,37H,15-16,20-22,34H2,1H3. The maximum atomic E-state index is 13.5. The summed E-state index contributed by atoms with van der Waals surface area (Å²) in [5.74, 6) is 0.192. The summed E-state index contributed by atoms with van der Waals surface area (Å²) in [4.78, 5) is 22.4. The molecule has 0 saturated heterocycles. The number of hydrogen-bond acceptors (Lipinski definition) is 7. The molecule has 3 heterocycles. The van der Waals surface area contributed by atoms with Gasteiger partial charge in [-0.2, -0.15) is 0 Å². The van der Waals surface area contributed by atoms with Crippen LogP contribution in [0, 0.1) is 6.92 Å². The molecule has 0 aliphatic rings. The van der Waals surface area contributed by atoms with Gasteiger partial charge in [-0.15, -0.1) is 0 Å². The Morgan fingerprint density at radius 1 is 0.977 bits per heavy atom. The second kappa shape index (κ2) is 12.3. The summed E-state index contributed by atoms with van der Waals surface area (Å²) in [6, 6.07) is 25.9. The number of esters is 1. The van der Waals surface area contributed by atoms with Crippen LogP contribution in [0.2, 0.25) is 0 Å². The van der Waals surface area contributed by atoms with Gasteiger partial charge in [-0.3, -0.25) is 4.72 Å². The number of benzene rings is 3. The van der Waals surface area contributed by atoms with Gasteiger partial charge < -0.3 is 19.6 Å². The minimum atomic E-state index is -3.70. The first-order valence-electron chi connectivity index (χ1n) is 14.2. The van der Waals surface area contributed by atoms with Crippen molar-refractivity contribution < 1.29 is 17.9 Å². The monoisotopic (exact) mass is 608 g/mol. The van der Waals surface area contributed by atoms with E-state index in [-0.39, 0.29) is 25.4 Å². The highest BCUT2D eigenvalue weighted by atomic mass is 32.2. The number of hydrogen-bond donors (Lipinski definition) is 2. The Kier molecular flexibility index (Phi) is 8.14. The van der Waals surface area contributed by atoms with Crippen molar-refractivity contribution in [3.8, 4) is 0 Å². The molecule has 3 aromatic heterocycles. The minimum Gasteiger partial charge on any atom is -0.459 e. The van der Waals surface area contributed by atoms with E-state index in [0.717, 1.165) is 27.5 Å². The SMILES string of the molecule is Cc1nccn1CCOC(=O)c1cc2ccc(CN)nc2n1Cc1cc(NS(=O)(=O)Cc2ccccc2)cc2ccccc12. The minimum absolute atomic E-state index is 0.154. The number of carbonyl (C=O) groups excluding carboxylic acids is 1. The van der Waals surface area contributed by atoms with Gasteiger partial charge in [0.05, 0.1) is 24.5 Å². The lowest BCUT2D eigenvalue weighted by atomic mass is 10.0. The zero-order valence-corrected chi connectivity index (χ0v) is 25.0. The number of nitrogens with zero attached hydrogens (tertiary/aromatic N) is 4. The van der Waals surface area contributed by atoms with Gasteiger partial charge in [-0.05, 0) is 59.2 Å². The number of nitrogens with two attached hydrogens (primary N) is 1. The lowest BCUT2D eigenvalue weighted by Crippen LogP contribution is -2.17. The average Bonchev–Trinajstić information content (AvgIpc) is 3.59. The smallest absolute Gasteiger partial charge is 0.355 e. The highest BCUT2D eigenvalue weighted by molar-refractivity contribution is 7.91.